The van der Waals surface area contributed by atoms with E-state index in [0.29, 0.717) is 32.2 Å². The van der Waals surface area contributed by atoms with Crippen LogP contribution in [0.4, 0.5) is 0 Å². The number of nitrogens with one attached hydrogen (secondary N) is 1. The number of carboxylic acid groups (broad SMARTS) is 3. The molecule has 2 heterocycles. The van der Waals surface area contributed by atoms with Crippen LogP contribution in [0.1, 0.15) is 130 Å². The van der Waals surface area contributed by atoms with Gasteiger partial charge < -0.3 is 20.6 Å². The average molecular weight is 746 g/mol. The van der Waals surface area contributed by atoms with Crippen molar-refractivity contribution < 1.29 is 40.7 Å². The summed E-state index contributed by atoms with van der Waals surface area (Å²) in [6.07, 6.45) is 15.4. The van der Waals surface area contributed by atoms with Gasteiger partial charge in [-0.1, -0.05) is 114 Å². The molecule has 2 aliphatic rings. The standard InChI is InChI=1S/C30H49NO8S6.H2/c32-23(15-11-9-7-5-3-1-2-4-6-8-10-12-17-26(34)35)21-22(27(36)37)18-19-25(33)31-20-14-13-16-24(28(38)39)29-40-42-30(43-41-29)44-45-30;/h22,24,29H,1-21H2,(H,31,33)(H,34,35)(H,36,37)(H,38,39);1H/t22-,24+;/m1./s1. The Bertz CT molecular complexity index is 935. The summed E-state index contributed by atoms with van der Waals surface area (Å²) in [7, 11) is 10.4. The number of carbonyl (C=O) groups excluding carboxylic acids is 2. The van der Waals surface area contributed by atoms with Crippen LogP contribution in [0.2, 0.25) is 0 Å². The van der Waals surface area contributed by atoms with Crippen molar-refractivity contribution in [1.82, 2.24) is 5.32 Å². The molecular weight excluding hydrogens is 695 g/mol. The third kappa shape index (κ3) is 19.3. The smallest absolute Gasteiger partial charge is 0.308 e. The first-order valence-corrected chi connectivity index (χ1v) is 22.7. The van der Waals surface area contributed by atoms with Crippen LogP contribution in [-0.2, 0) is 24.0 Å². The van der Waals surface area contributed by atoms with E-state index in [4.69, 9.17) is 5.11 Å². The number of carboxylic acids is 3. The van der Waals surface area contributed by atoms with Crippen molar-refractivity contribution in [2.45, 2.75) is 136 Å². The first-order valence-electron chi connectivity index (χ1n) is 16.1. The highest BCUT2D eigenvalue weighted by atomic mass is 33.2. The van der Waals surface area contributed by atoms with Gasteiger partial charge in [0.15, 0.2) is 2.74 Å². The molecule has 2 saturated heterocycles. The molecule has 9 nitrogen and oxygen atoms in total. The van der Waals surface area contributed by atoms with Crippen molar-refractivity contribution in [2.75, 3.05) is 6.54 Å². The predicted molar refractivity (Wildman–Crippen MR) is 194 cm³/mol. The summed E-state index contributed by atoms with van der Waals surface area (Å²) >= 11 is 0. The van der Waals surface area contributed by atoms with E-state index in [-0.39, 0.29) is 46.1 Å². The number of amides is 1. The van der Waals surface area contributed by atoms with Crippen LogP contribution in [0.5, 0.6) is 0 Å². The highest BCUT2D eigenvalue weighted by molar-refractivity contribution is 9.14. The molecule has 15 heteroatoms. The third-order valence-electron chi connectivity index (χ3n) is 7.76. The maximum absolute atomic E-state index is 12.4. The second-order valence-corrected chi connectivity index (χ2v) is 21.2. The van der Waals surface area contributed by atoms with Gasteiger partial charge in [0, 0.05) is 33.7 Å². The number of ketones is 1. The van der Waals surface area contributed by atoms with Crippen LogP contribution in [0.3, 0.4) is 0 Å². The predicted octanol–water partition coefficient (Wildman–Crippen LogP) is 9.31. The molecule has 0 aromatic heterocycles. The monoisotopic (exact) mass is 745 g/mol. The van der Waals surface area contributed by atoms with Gasteiger partial charge in [-0.05, 0) is 53.7 Å². The van der Waals surface area contributed by atoms with Gasteiger partial charge in [-0.15, -0.1) is 0 Å². The minimum absolute atomic E-state index is 0. The Kier molecular flexibility index (Phi) is 21.7. The molecule has 4 N–H and O–H groups in total. The maximum Gasteiger partial charge on any atom is 0.308 e. The van der Waals surface area contributed by atoms with Gasteiger partial charge in [-0.2, -0.15) is 0 Å². The lowest BCUT2D eigenvalue weighted by molar-refractivity contribution is -0.144. The molecule has 2 aliphatic heterocycles. The second-order valence-electron chi connectivity index (χ2n) is 11.6. The van der Waals surface area contributed by atoms with E-state index < -0.39 is 29.7 Å². The normalized spacial score (nSPS) is 17.1. The number of Topliss-reactive ketones (excluding diaryl/α,β-unsaturated/α-hetero) is 1. The molecule has 1 spiro atoms. The van der Waals surface area contributed by atoms with E-state index >= 15 is 0 Å². The maximum atomic E-state index is 12.4. The molecule has 0 bridgehead atoms. The van der Waals surface area contributed by atoms with Crippen LogP contribution in [0.25, 0.3) is 0 Å². The van der Waals surface area contributed by atoms with E-state index in [9.17, 15) is 34.2 Å². The van der Waals surface area contributed by atoms with Gasteiger partial charge in [0.2, 0.25) is 5.91 Å². The largest absolute Gasteiger partial charge is 0.481 e. The van der Waals surface area contributed by atoms with Gasteiger partial charge in [-0.25, -0.2) is 0 Å². The fourth-order valence-corrected chi connectivity index (χ4v) is 18.8. The first kappa shape index (κ1) is 40.8. The topological polar surface area (TPSA) is 158 Å². The molecule has 2 fully saturated rings. The van der Waals surface area contributed by atoms with E-state index in [1.54, 1.807) is 43.2 Å². The van der Waals surface area contributed by atoms with E-state index in [1.807, 2.05) is 21.6 Å². The molecule has 0 aliphatic carbocycles. The highest BCUT2D eigenvalue weighted by Gasteiger charge is 2.53. The number of hydrogen-bond donors (Lipinski definition) is 4. The summed E-state index contributed by atoms with van der Waals surface area (Å²) in [6.45, 7) is 0.420. The van der Waals surface area contributed by atoms with Crippen LogP contribution in [0.15, 0.2) is 0 Å². The van der Waals surface area contributed by atoms with Crippen molar-refractivity contribution in [3.8, 4) is 0 Å². The molecule has 1 amide bonds. The van der Waals surface area contributed by atoms with E-state index in [0.717, 1.165) is 51.4 Å². The molecule has 0 saturated carbocycles. The van der Waals surface area contributed by atoms with Crippen molar-refractivity contribution in [1.29, 1.82) is 0 Å². The number of unbranched alkanes of at least 4 members (excludes halogenated alkanes) is 12. The zero-order valence-electron chi connectivity index (χ0n) is 25.9. The number of aliphatic carboxylic acids is 3. The minimum atomic E-state index is -1.05. The van der Waals surface area contributed by atoms with Gasteiger partial charge in [0.25, 0.3) is 0 Å². The Hall–Kier alpha value is -0.350. The second kappa shape index (κ2) is 23.9. The van der Waals surface area contributed by atoms with Gasteiger partial charge in [0.1, 0.15) is 5.78 Å². The summed E-state index contributed by atoms with van der Waals surface area (Å²) in [6, 6.07) is 0. The van der Waals surface area contributed by atoms with Crippen molar-refractivity contribution >= 4 is 94.4 Å². The molecular formula is C30H51NO8S6. The third-order valence-corrected chi connectivity index (χ3v) is 21.6. The van der Waals surface area contributed by atoms with Gasteiger partial charge >= 0.3 is 17.9 Å². The Morgan fingerprint density at radius 2 is 1.16 bits per heavy atom. The molecule has 2 atom stereocenters. The van der Waals surface area contributed by atoms with E-state index in [1.165, 1.54) is 25.7 Å². The van der Waals surface area contributed by atoms with Crippen LogP contribution >= 0.6 is 64.8 Å². The molecule has 45 heavy (non-hydrogen) atoms. The Labute approximate surface area is 292 Å². The highest BCUT2D eigenvalue weighted by Crippen LogP contribution is 2.84. The van der Waals surface area contributed by atoms with E-state index in [2.05, 4.69) is 5.32 Å². The quantitative estimate of drug-likeness (QED) is 0.0341. The Morgan fingerprint density at radius 1 is 0.622 bits per heavy atom. The molecule has 0 aromatic carbocycles. The minimum Gasteiger partial charge on any atom is -0.481 e. The summed E-state index contributed by atoms with van der Waals surface area (Å²) in [4.78, 5) is 58.7. The fraction of sp³-hybridized carbons (Fsp3) is 0.833. The van der Waals surface area contributed by atoms with Crippen LogP contribution in [0, 0.1) is 11.8 Å². The summed E-state index contributed by atoms with van der Waals surface area (Å²) in [5.74, 6) is -4.14. The van der Waals surface area contributed by atoms with Crippen molar-refractivity contribution in [2.24, 2.45) is 11.8 Å². The number of hydrogen-bond acceptors (Lipinski definition) is 11. The lowest BCUT2D eigenvalue weighted by Gasteiger charge is -2.27. The summed E-state index contributed by atoms with van der Waals surface area (Å²) in [5.41, 5.74) is 0. The fourth-order valence-electron chi connectivity index (χ4n) is 5.01. The molecule has 2 rings (SSSR count). The zero-order valence-corrected chi connectivity index (χ0v) is 30.8. The summed E-state index contributed by atoms with van der Waals surface area (Å²) in [5, 5.41) is 30.7. The molecule has 0 unspecified atom stereocenters. The average Bonchev–Trinajstić information content (AvgIpc) is 3.75. The zero-order chi connectivity index (χ0) is 32.9. The molecule has 0 radical (unpaired) electrons. The summed E-state index contributed by atoms with van der Waals surface area (Å²) < 4.78 is 0.138. The van der Waals surface area contributed by atoms with Crippen molar-refractivity contribution in [3.05, 3.63) is 0 Å². The van der Waals surface area contributed by atoms with Crippen LogP contribution in [-0.4, -0.2) is 58.8 Å². The van der Waals surface area contributed by atoms with Crippen molar-refractivity contribution in [3.63, 3.8) is 0 Å². The Balaban J connectivity index is 0.0000106. The number of carbonyl (C=O) groups is 5. The number of rotatable bonds is 28. The lowest BCUT2D eigenvalue weighted by Crippen LogP contribution is -2.27. The SMILES string of the molecule is O=C(O)CCCCCCCCCCCCCCC(=O)C[C@@H](CCC(=O)NCCCC[C@@H](C(=O)O)C1SSC2(SS1)SS2)C(=O)O.[HH]. The van der Waals surface area contributed by atoms with Gasteiger partial charge in [-0.3, -0.25) is 24.0 Å². The van der Waals surface area contributed by atoms with Crippen LogP contribution < -0.4 is 5.32 Å². The Morgan fingerprint density at radius 3 is 1.64 bits per heavy atom. The van der Waals surface area contributed by atoms with Gasteiger partial charge in [0.05, 0.1) is 16.4 Å². The molecule has 0 aromatic rings. The lowest BCUT2D eigenvalue weighted by atomic mass is 9.94. The first-order chi connectivity index (χ1) is 21.6. The molecule has 260 valence electrons.